The van der Waals surface area contributed by atoms with Crippen LogP contribution in [0.15, 0.2) is 22.7 Å². The van der Waals surface area contributed by atoms with E-state index in [1.165, 1.54) is 25.0 Å². The Hall–Kier alpha value is -0.570. The molecule has 1 aliphatic carbocycles. The minimum atomic E-state index is -0.196. The van der Waals surface area contributed by atoms with Gasteiger partial charge in [0.05, 0.1) is 5.69 Å². The summed E-state index contributed by atoms with van der Waals surface area (Å²) in [5, 5.41) is 3.33. The van der Waals surface area contributed by atoms with E-state index >= 15 is 0 Å². The Morgan fingerprint density at radius 3 is 2.86 bits per heavy atom. The Morgan fingerprint density at radius 1 is 1.50 bits per heavy atom. The average molecular weight is 258 g/mol. The van der Waals surface area contributed by atoms with Gasteiger partial charge < -0.3 is 5.32 Å². The SMILES string of the molecule is CC(Nc1cc(F)ccc1Br)C1CC1. The Labute approximate surface area is 91.8 Å². The zero-order valence-electron chi connectivity index (χ0n) is 8.06. The first-order chi connectivity index (χ1) is 6.66. The molecule has 0 aromatic heterocycles. The van der Waals surface area contributed by atoms with Crippen LogP contribution in [0, 0.1) is 11.7 Å². The van der Waals surface area contributed by atoms with Gasteiger partial charge in [-0.25, -0.2) is 4.39 Å². The fraction of sp³-hybridized carbons (Fsp3) is 0.455. The van der Waals surface area contributed by atoms with Gasteiger partial charge in [0, 0.05) is 10.5 Å². The highest BCUT2D eigenvalue weighted by molar-refractivity contribution is 9.10. The van der Waals surface area contributed by atoms with Crippen molar-refractivity contribution in [1.82, 2.24) is 0 Å². The number of hydrogen-bond donors (Lipinski definition) is 1. The maximum atomic E-state index is 13.0. The van der Waals surface area contributed by atoms with Crippen molar-refractivity contribution >= 4 is 21.6 Å². The molecule has 1 atom stereocenters. The lowest BCUT2D eigenvalue weighted by Crippen LogP contribution is -2.17. The van der Waals surface area contributed by atoms with Crippen molar-refractivity contribution in [3.05, 3.63) is 28.5 Å². The third-order valence-corrected chi connectivity index (χ3v) is 3.33. The summed E-state index contributed by atoms with van der Waals surface area (Å²) < 4.78 is 13.9. The quantitative estimate of drug-likeness (QED) is 0.869. The molecular weight excluding hydrogens is 245 g/mol. The van der Waals surface area contributed by atoms with E-state index in [2.05, 4.69) is 28.2 Å². The van der Waals surface area contributed by atoms with Gasteiger partial charge in [0.15, 0.2) is 0 Å². The van der Waals surface area contributed by atoms with Crippen LogP contribution in [0.25, 0.3) is 0 Å². The van der Waals surface area contributed by atoms with Crippen molar-refractivity contribution in [3.8, 4) is 0 Å². The summed E-state index contributed by atoms with van der Waals surface area (Å²) in [7, 11) is 0. The van der Waals surface area contributed by atoms with Gasteiger partial charge >= 0.3 is 0 Å². The van der Waals surface area contributed by atoms with Gasteiger partial charge in [-0.2, -0.15) is 0 Å². The predicted molar refractivity (Wildman–Crippen MR) is 59.9 cm³/mol. The van der Waals surface area contributed by atoms with Crippen molar-refractivity contribution < 1.29 is 4.39 Å². The van der Waals surface area contributed by atoms with E-state index in [4.69, 9.17) is 0 Å². The average Bonchev–Trinajstić information content (AvgIpc) is 2.94. The van der Waals surface area contributed by atoms with Gasteiger partial charge in [-0.3, -0.25) is 0 Å². The largest absolute Gasteiger partial charge is 0.381 e. The van der Waals surface area contributed by atoms with Crippen molar-refractivity contribution in [2.24, 2.45) is 5.92 Å². The summed E-state index contributed by atoms with van der Waals surface area (Å²) in [5.74, 6) is 0.573. The highest BCUT2D eigenvalue weighted by atomic mass is 79.9. The third-order valence-electron chi connectivity index (χ3n) is 2.64. The molecule has 2 rings (SSSR count). The molecule has 3 heteroatoms. The molecule has 1 fully saturated rings. The lowest BCUT2D eigenvalue weighted by Gasteiger charge is -2.15. The lowest BCUT2D eigenvalue weighted by atomic mass is 10.2. The van der Waals surface area contributed by atoms with Gasteiger partial charge in [0.2, 0.25) is 0 Å². The number of nitrogens with one attached hydrogen (secondary N) is 1. The highest BCUT2D eigenvalue weighted by Gasteiger charge is 2.28. The minimum Gasteiger partial charge on any atom is -0.381 e. The fourth-order valence-corrected chi connectivity index (χ4v) is 1.93. The third kappa shape index (κ3) is 2.27. The molecule has 0 amide bonds. The molecule has 1 aromatic rings. The second-order valence-electron chi connectivity index (χ2n) is 3.89. The molecule has 0 heterocycles. The highest BCUT2D eigenvalue weighted by Crippen LogP contribution is 2.35. The number of anilines is 1. The first-order valence-corrected chi connectivity index (χ1v) is 5.67. The predicted octanol–water partition coefficient (Wildman–Crippen LogP) is 3.80. The second kappa shape index (κ2) is 3.89. The zero-order chi connectivity index (χ0) is 10.1. The van der Waals surface area contributed by atoms with E-state index in [-0.39, 0.29) is 5.82 Å². The molecule has 1 nitrogen and oxygen atoms in total. The van der Waals surface area contributed by atoms with Gasteiger partial charge in [-0.15, -0.1) is 0 Å². The normalized spacial score (nSPS) is 17.9. The minimum absolute atomic E-state index is 0.196. The molecule has 0 aliphatic heterocycles. The van der Waals surface area contributed by atoms with Gasteiger partial charge in [0.1, 0.15) is 5.82 Å². The van der Waals surface area contributed by atoms with Crippen LogP contribution >= 0.6 is 15.9 Å². The molecular formula is C11H13BrFN. The van der Waals surface area contributed by atoms with Gasteiger partial charge in [0.25, 0.3) is 0 Å². The Bertz CT molecular complexity index is 336. The van der Waals surface area contributed by atoms with Crippen LogP contribution in [0.3, 0.4) is 0 Å². The van der Waals surface area contributed by atoms with Crippen molar-refractivity contribution in [3.63, 3.8) is 0 Å². The summed E-state index contributed by atoms with van der Waals surface area (Å²) in [5.41, 5.74) is 0.851. The van der Waals surface area contributed by atoms with Crippen LogP contribution in [-0.2, 0) is 0 Å². The Balaban J connectivity index is 2.10. The molecule has 76 valence electrons. The van der Waals surface area contributed by atoms with Crippen LogP contribution in [0.5, 0.6) is 0 Å². The van der Waals surface area contributed by atoms with E-state index in [0.29, 0.717) is 6.04 Å². The molecule has 1 aliphatic rings. The lowest BCUT2D eigenvalue weighted by molar-refractivity contribution is 0.626. The molecule has 0 spiro atoms. The maximum Gasteiger partial charge on any atom is 0.125 e. The number of benzene rings is 1. The van der Waals surface area contributed by atoms with Crippen LogP contribution < -0.4 is 5.32 Å². The molecule has 0 radical (unpaired) electrons. The molecule has 0 saturated heterocycles. The number of hydrogen-bond acceptors (Lipinski definition) is 1. The monoisotopic (exact) mass is 257 g/mol. The molecule has 0 bridgehead atoms. The van der Waals surface area contributed by atoms with Gasteiger partial charge in [-0.1, -0.05) is 0 Å². The van der Waals surface area contributed by atoms with E-state index in [0.717, 1.165) is 16.1 Å². The van der Waals surface area contributed by atoms with Crippen molar-refractivity contribution in [2.45, 2.75) is 25.8 Å². The van der Waals surface area contributed by atoms with Gasteiger partial charge in [-0.05, 0) is 59.8 Å². The van der Waals surface area contributed by atoms with Crippen LogP contribution in [0.1, 0.15) is 19.8 Å². The number of rotatable bonds is 3. The Kier molecular flexibility index (Phi) is 2.77. The summed E-state index contributed by atoms with van der Waals surface area (Å²) in [6, 6.07) is 5.16. The first-order valence-electron chi connectivity index (χ1n) is 4.88. The first kappa shape index (κ1) is 9.97. The topological polar surface area (TPSA) is 12.0 Å². The Morgan fingerprint density at radius 2 is 2.21 bits per heavy atom. The van der Waals surface area contributed by atoms with Crippen molar-refractivity contribution in [2.75, 3.05) is 5.32 Å². The second-order valence-corrected chi connectivity index (χ2v) is 4.75. The smallest absolute Gasteiger partial charge is 0.125 e. The van der Waals surface area contributed by atoms with E-state index < -0.39 is 0 Å². The maximum absolute atomic E-state index is 13.0. The fourth-order valence-electron chi connectivity index (χ4n) is 1.57. The van der Waals surface area contributed by atoms with Crippen LogP contribution in [0.2, 0.25) is 0 Å². The summed E-state index contributed by atoms with van der Waals surface area (Å²) in [6.45, 7) is 2.15. The van der Waals surface area contributed by atoms with Crippen molar-refractivity contribution in [1.29, 1.82) is 0 Å². The van der Waals surface area contributed by atoms with E-state index in [9.17, 15) is 4.39 Å². The molecule has 14 heavy (non-hydrogen) atoms. The summed E-state index contributed by atoms with van der Waals surface area (Å²) in [6.07, 6.45) is 2.59. The van der Waals surface area contributed by atoms with Crippen LogP contribution in [-0.4, -0.2) is 6.04 Å². The zero-order valence-corrected chi connectivity index (χ0v) is 9.64. The van der Waals surface area contributed by atoms with Crippen LogP contribution in [0.4, 0.5) is 10.1 Å². The standard InChI is InChI=1S/C11H13BrFN/c1-7(8-2-3-8)14-11-6-9(13)4-5-10(11)12/h4-8,14H,2-3H2,1H3. The molecule has 1 unspecified atom stereocenters. The molecule has 1 N–H and O–H groups in total. The molecule has 1 aromatic carbocycles. The summed E-state index contributed by atoms with van der Waals surface area (Å²) >= 11 is 3.40. The van der Waals surface area contributed by atoms with E-state index in [1.807, 2.05) is 0 Å². The molecule has 1 saturated carbocycles. The van der Waals surface area contributed by atoms with E-state index in [1.54, 1.807) is 6.07 Å². The number of halogens is 2. The summed E-state index contributed by atoms with van der Waals surface area (Å²) in [4.78, 5) is 0.